The third-order valence-corrected chi connectivity index (χ3v) is 20.2. The van der Waals surface area contributed by atoms with Gasteiger partial charge in [0.05, 0.1) is 0 Å². The van der Waals surface area contributed by atoms with Crippen LogP contribution in [0.5, 0.6) is 11.5 Å². The van der Waals surface area contributed by atoms with E-state index in [2.05, 4.69) is 73.9 Å². The first-order valence-electron chi connectivity index (χ1n) is 28.0. The average Bonchev–Trinajstić information content (AvgIpc) is 3.37. The molecule has 4 aromatic carbocycles. The molecule has 0 aliphatic carbocycles. The molecule has 0 saturated carbocycles. The van der Waals surface area contributed by atoms with E-state index in [1.807, 2.05) is 60.7 Å². The van der Waals surface area contributed by atoms with Crippen molar-refractivity contribution >= 4 is 67.6 Å². The second kappa shape index (κ2) is 44.3. The molecule has 4 aromatic rings. The van der Waals surface area contributed by atoms with Gasteiger partial charge in [-0.05, 0) is 97.9 Å². The van der Waals surface area contributed by atoms with Gasteiger partial charge in [0.2, 0.25) is 0 Å². The summed E-state index contributed by atoms with van der Waals surface area (Å²) in [6.07, 6.45) is 39.8. The molecular weight excluding hydrogens is 1100 g/mol. The molecule has 2 atom stereocenters. The van der Waals surface area contributed by atoms with Crippen LogP contribution in [0.4, 0.5) is 0 Å². The molecule has 0 radical (unpaired) electrons. The van der Waals surface area contributed by atoms with Crippen LogP contribution in [0, 0.1) is 0 Å². The SMILES string of the molecule is CCCCCCCCCc1ccccc1OP([O-])(=S)Sc1ccccc1CCCCCCCCC.CCCCCCCCCc1ccccc1OP([O-])(=S)Sc1ccccc1CCCCCCCCC.[S]=[Mo+2]. The fraction of sp³-hybridized carbons (Fsp3) is 0.600. The summed E-state index contributed by atoms with van der Waals surface area (Å²) in [5, 5.41) is 0. The van der Waals surface area contributed by atoms with Gasteiger partial charge in [0.15, 0.2) is 0 Å². The van der Waals surface area contributed by atoms with Crippen LogP contribution in [0.1, 0.15) is 230 Å². The normalized spacial score (nSPS) is 12.7. The minimum absolute atomic E-state index is 0.689. The van der Waals surface area contributed by atoms with Gasteiger partial charge < -0.3 is 18.8 Å². The number of rotatable bonds is 40. The Balaban J connectivity index is 0.000000477. The van der Waals surface area contributed by atoms with Crippen LogP contribution in [0.25, 0.3) is 0 Å². The Kier molecular flexibility index (Phi) is 41.5. The first kappa shape index (κ1) is 67.4. The van der Waals surface area contributed by atoms with Gasteiger partial charge in [-0.15, -0.1) is 0 Å². The van der Waals surface area contributed by atoms with Crippen LogP contribution in [0.3, 0.4) is 0 Å². The molecule has 0 aliphatic heterocycles. The third-order valence-electron chi connectivity index (χ3n) is 12.9. The summed E-state index contributed by atoms with van der Waals surface area (Å²) in [5.74, 6) is 1.38. The van der Waals surface area contributed by atoms with Crippen LogP contribution in [-0.4, -0.2) is 0 Å². The summed E-state index contributed by atoms with van der Waals surface area (Å²) in [6, 6.07) is 32.4. The average molecular weight is 1200 g/mol. The molecule has 0 N–H and O–H groups in total. The Morgan fingerprint density at radius 2 is 0.569 bits per heavy atom. The monoisotopic (exact) mass is 1200 g/mol. The van der Waals surface area contributed by atoms with Crippen molar-refractivity contribution in [1.82, 2.24) is 0 Å². The van der Waals surface area contributed by atoms with Gasteiger partial charge in [-0.25, -0.2) is 0 Å². The number of aryl methyl sites for hydroxylation is 4. The molecule has 0 heterocycles. The van der Waals surface area contributed by atoms with Crippen LogP contribution in [0.15, 0.2) is 107 Å². The van der Waals surface area contributed by atoms with Gasteiger partial charge in [0.1, 0.15) is 22.9 Å². The molecule has 12 heteroatoms. The summed E-state index contributed by atoms with van der Waals surface area (Å²) in [6.45, 7) is 9.01. The number of hydrogen-bond acceptors (Lipinski definition) is 9. The molecule has 0 amide bonds. The number of para-hydroxylation sites is 2. The summed E-state index contributed by atoms with van der Waals surface area (Å²) in [7, 11) is 4.09. The molecule has 0 fully saturated rings. The summed E-state index contributed by atoms with van der Waals surface area (Å²) >= 11 is 15.0. The first-order valence-corrected chi connectivity index (χ1v) is 38.9. The van der Waals surface area contributed by atoms with Crippen molar-refractivity contribution in [1.29, 1.82) is 0 Å². The fourth-order valence-electron chi connectivity index (χ4n) is 8.81. The molecule has 2 unspecified atom stereocenters. The fourth-order valence-corrected chi connectivity index (χ4v) is 16.2. The van der Waals surface area contributed by atoms with E-state index in [0.717, 1.165) is 72.3 Å². The van der Waals surface area contributed by atoms with Gasteiger partial charge in [0, 0.05) is 9.79 Å². The van der Waals surface area contributed by atoms with E-state index >= 15 is 0 Å². The van der Waals surface area contributed by atoms with E-state index in [-0.39, 0.29) is 0 Å². The quantitative estimate of drug-likeness (QED) is 0.0246. The van der Waals surface area contributed by atoms with Crippen molar-refractivity contribution in [2.75, 3.05) is 0 Å². The Bertz CT molecular complexity index is 1780. The predicted molar refractivity (Wildman–Crippen MR) is 322 cm³/mol. The number of hydrogen-bond donors (Lipinski definition) is 0. The minimum atomic E-state index is -3.31. The van der Waals surface area contributed by atoms with Crippen LogP contribution < -0.4 is 18.8 Å². The van der Waals surface area contributed by atoms with Crippen LogP contribution >= 0.6 is 44.0 Å². The first-order chi connectivity index (χ1) is 35.1. The second-order valence-corrected chi connectivity index (χ2v) is 30.8. The molecule has 4 nitrogen and oxygen atoms in total. The Morgan fingerprint density at radius 1 is 0.347 bits per heavy atom. The summed E-state index contributed by atoms with van der Waals surface area (Å²) < 4.78 is 12.0. The zero-order valence-electron chi connectivity index (χ0n) is 44.8. The van der Waals surface area contributed by atoms with Crippen molar-refractivity contribution in [3.8, 4) is 11.5 Å². The maximum atomic E-state index is 13.4. The number of unbranched alkanes of at least 4 members (excludes halogenated alkanes) is 24. The van der Waals surface area contributed by atoms with Gasteiger partial charge in [-0.3, -0.25) is 0 Å². The molecule has 0 aliphatic rings. The van der Waals surface area contributed by atoms with E-state index in [1.165, 1.54) is 206 Å². The van der Waals surface area contributed by atoms with Crippen LogP contribution in [-0.2, 0) is 67.3 Å². The van der Waals surface area contributed by atoms with Crippen molar-refractivity contribution < 1.29 is 36.8 Å². The second-order valence-electron chi connectivity index (χ2n) is 19.2. The van der Waals surface area contributed by atoms with Crippen molar-refractivity contribution in [3.05, 3.63) is 119 Å². The van der Waals surface area contributed by atoms with E-state index in [1.54, 1.807) is 0 Å². The van der Waals surface area contributed by atoms with Crippen molar-refractivity contribution in [3.63, 3.8) is 0 Å². The third kappa shape index (κ3) is 32.8. The van der Waals surface area contributed by atoms with Gasteiger partial charge in [-0.2, -0.15) is 0 Å². The molecule has 402 valence electrons. The predicted octanol–water partition coefficient (Wildman–Crippen LogP) is 20.7. The molecule has 4 rings (SSSR count). The van der Waals surface area contributed by atoms with Crippen molar-refractivity contribution in [2.24, 2.45) is 0 Å². The Hall–Kier alpha value is -0.692. The summed E-state index contributed by atoms with van der Waals surface area (Å²) in [4.78, 5) is 28.7. The van der Waals surface area contributed by atoms with Gasteiger partial charge in [-0.1, -0.05) is 301 Å². The number of benzene rings is 4. The van der Waals surface area contributed by atoms with Crippen molar-refractivity contribution in [2.45, 2.75) is 243 Å². The molecule has 72 heavy (non-hydrogen) atoms. The van der Waals surface area contributed by atoms with E-state index in [4.69, 9.17) is 32.7 Å². The molecule has 0 spiro atoms. The standard InChI is InChI=1S/2C30H47O2PS2.Mo.S/c2*1-3-5-7-9-11-13-15-21-27-22-17-19-25-29(27)32-33(31,34)35-30-26-20-18-24-28(30)23-16-14-12-10-8-6-4-2;;/h2*17-20,22,24-26H,3-16,21,23H2,1-2H3,(H,31,34);;/q;;+2;/p-2. The zero-order valence-corrected chi connectivity index (χ0v) is 52.7. The van der Waals surface area contributed by atoms with E-state index < -0.39 is 11.4 Å². The van der Waals surface area contributed by atoms with Gasteiger partial charge >= 0.3 is 27.8 Å². The van der Waals surface area contributed by atoms with Crippen LogP contribution in [0.2, 0.25) is 0 Å². The topological polar surface area (TPSA) is 64.6 Å². The Morgan fingerprint density at radius 3 is 0.861 bits per heavy atom. The maximum absolute atomic E-state index is 13.4. The molecule has 0 bridgehead atoms. The zero-order chi connectivity index (χ0) is 52.4. The molecule has 0 aromatic heterocycles. The van der Waals surface area contributed by atoms with E-state index in [0.29, 0.717) is 11.5 Å². The summed E-state index contributed by atoms with van der Waals surface area (Å²) in [5.41, 5.74) is -1.92. The molecular formula is C60H92MoO4P2S5. The Labute approximate surface area is 474 Å². The van der Waals surface area contributed by atoms with E-state index in [9.17, 15) is 9.79 Å². The molecule has 0 saturated heterocycles. The van der Waals surface area contributed by atoms with Gasteiger partial charge in [0.25, 0.3) is 0 Å².